The van der Waals surface area contributed by atoms with Crippen LogP contribution in [0.1, 0.15) is 26.7 Å². The molecule has 2 heterocycles. The second-order valence-corrected chi connectivity index (χ2v) is 7.42. The molecule has 1 aromatic carbocycles. The third kappa shape index (κ3) is 3.49. The number of hydrogen-bond acceptors (Lipinski definition) is 3. The molecule has 1 saturated heterocycles. The van der Waals surface area contributed by atoms with Crippen molar-refractivity contribution in [3.63, 3.8) is 0 Å². The number of amides is 1. The van der Waals surface area contributed by atoms with E-state index in [-0.39, 0.29) is 11.2 Å². The van der Waals surface area contributed by atoms with Crippen LogP contribution in [-0.4, -0.2) is 39.1 Å². The van der Waals surface area contributed by atoms with Crippen LogP contribution in [0.5, 0.6) is 0 Å². The molecule has 23 heavy (non-hydrogen) atoms. The maximum absolute atomic E-state index is 13.2. The third-order valence-electron chi connectivity index (χ3n) is 4.23. The molecule has 1 aromatic heterocycles. The number of rotatable bonds is 3. The van der Waals surface area contributed by atoms with Gasteiger partial charge in [-0.1, -0.05) is 18.7 Å². The number of fused-ring (bicyclic) bond motifs is 1. The Morgan fingerprint density at radius 1 is 1.35 bits per heavy atom. The number of likely N-dealkylation sites (tertiary alicyclic amines) is 1. The lowest BCUT2D eigenvalue weighted by molar-refractivity contribution is -0.131. The summed E-state index contributed by atoms with van der Waals surface area (Å²) in [4.78, 5) is 21.5. The number of carbonyl (C=O) groups excluding carboxylic acids is 1. The van der Waals surface area contributed by atoms with Crippen LogP contribution in [0.2, 0.25) is 0 Å². The molecule has 3 rings (SSSR count). The Morgan fingerprint density at radius 2 is 2.00 bits per heavy atom. The molecule has 1 atom stereocenters. The van der Waals surface area contributed by atoms with Gasteiger partial charge in [-0.3, -0.25) is 4.79 Å². The summed E-state index contributed by atoms with van der Waals surface area (Å²) in [6, 6.07) is 2.14. The second kappa shape index (κ2) is 6.47. The number of piperidine rings is 1. The number of carbonyl (C=O) groups is 1. The number of nitrogens with one attached hydrogen (secondary N) is 1. The van der Waals surface area contributed by atoms with Crippen molar-refractivity contribution in [2.75, 3.05) is 13.1 Å². The van der Waals surface area contributed by atoms with Gasteiger partial charge in [0, 0.05) is 25.2 Å². The summed E-state index contributed by atoms with van der Waals surface area (Å²) in [7, 11) is 0. The molecule has 0 bridgehead atoms. The summed E-state index contributed by atoms with van der Waals surface area (Å²) in [6.45, 7) is 5.62. The van der Waals surface area contributed by atoms with E-state index in [0.717, 1.165) is 38.1 Å². The van der Waals surface area contributed by atoms with E-state index in [0.29, 0.717) is 22.1 Å². The van der Waals surface area contributed by atoms with Crippen LogP contribution >= 0.6 is 11.8 Å². The highest BCUT2D eigenvalue weighted by Crippen LogP contribution is 2.27. The molecule has 1 aliphatic rings. The first kappa shape index (κ1) is 16.2. The van der Waals surface area contributed by atoms with Crippen molar-refractivity contribution in [3.8, 4) is 0 Å². The van der Waals surface area contributed by atoms with Crippen LogP contribution in [0.3, 0.4) is 0 Å². The van der Waals surface area contributed by atoms with Gasteiger partial charge in [-0.2, -0.15) is 0 Å². The van der Waals surface area contributed by atoms with Crippen LogP contribution < -0.4 is 0 Å². The van der Waals surface area contributed by atoms with Crippen molar-refractivity contribution in [2.45, 2.75) is 37.1 Å². The standard InChI is InChI=1S/C16H19F2N3OS/c1-9-3-5-21(6-4-9)15(22)10(2)23-16-19-13-7-11(17)12(18)8-14(13)20-16/h7-10H,3-6H2,1-2H3,(H,19,20). The zero-order chi connectivity index (χ0) is 16.6. The summed E-state index contributed by atoms with van der Waals surface area (Å²) in [6.07, 6.45) is 2.07. The van der Waals surface area contributed by atoms with Gasteiger partial charge in [-0.15, -0.1) is 0 Å². The highest BCUT2D eigenvalue weighted by atomic mass is 32.2. The highest BCUT2D eigenvalue weighted by Gasteiger charge is 2.25. The molecule has 0 aliphatic carbocycles. The summed E-state index contributed by atoms with van der Waals surface area (Å²) in [5, 5.41) is 0.204. The molecular weight excluding hydrogens is 320 g/mol. The van der Waals surface area contributed by atoms with Crippen LogP contribution in [-0.2, 0) is 4.79 Å². The molecule has 4 nitrogen and oxygen atoms in total. The predicted molar refractivity (Wildman–Crippen MR) is 86.3 cm³/mol. The minimum atomic E-state index is -0.924. The fourth-order valence-electron chi connectivity index (χ4n) is 2.74. The molecule has 1 fully saturated rings. The Kier molecular flexibility index (Phi) is 4.57. The smallest absolute Gasteiger partial charge is 0.235 e. The fraction of sp³-hybridized carbons (Fsp3) is 0.500. The summed E-state index contributed by atoms with van der Waals surface area (Å²) in [5.74, 6) is -1.08. The van der Waals surface area contributed by atoms with Gasteiger partial charge in [0.25, 0.3) is 0 Å². The van der Waals surface area contributed by atoms with Gasteiger partial charge in [0.15, 0.2) is 16.8 Å². The van der Waals surface area contributed by atoms with Gasteiger partial charge in [-0.05, 0) is 25.7 Å². The van der Waals surface area contributed by atoms with E-state index < -0.39 is 11.6 Å². The van der Waals surface area contributed by atoms with E-state index in [9.17, 15) is 13.6 Å². The zero-order valence-electron chi connectivity index (χ0n) is 13.1. The SMILES string of the molecule is CC1CCN(C(=O)C(C)Sc2nc3cc(F)c(F)cc3[nH]2)CC1. The second-order valence-electron chi connectivity index (χ2n) is 6.09. The first-order valence-electron chi connectivity index (χ1n) is 7.74. The minimum Gasteiger partial charge on any atom is -0.342 e. The largest absolute Gasteiger partial charge is 0.342 e. The monoisotopic (exact) mass is 339 g/mol. The molecule has 2 aromatic rings. The van der Waals surface area contributed by atoms with E-state index in [4.69, 9.17) is 0 Å². The van der Waals surface area contributed by atoms with Crippen molar-refractivity contribution in [1.82, 2.24) is 14.9 Å². The number of benzene rings is 1. The van der Waals surface area contributed by atoms with Gasteiger partial charge in [-0.25, -0.2) is 13.8 Å². The Balaban J connectivity index is 1.69. The fourth-order valence-corrected chi connectivity index (χ4v) is 3.65. The molecule has 124 valence electrons. The highest BCUT2D eigenvalue weighted by molar-refractivity contribution is 8.00. The number of imidazole rings is 1. The average molecular weight is 339 g/mol. The Labute approximate surface area is 137 Å². The van der Waals surface area contributed by atoms with Gasteiger partial charge in [0.2, 0.25) is 5.91 Å². The lowest BCUT2D eigenvalue weighted by Crippen LogP contribution is -2.41. The Morgan fingerprint density at radius 3 is 2.70 bits per heavy atom. The van der Waals surface area contributed by atoms with Gasteiger partial charge in [0.1, 0.15) is 0 Å². The van der Waals surface area contributed by atoms with Crippen LogP contribution in [0, 0.1) is 17.6 Å². The maximum Gasteiger partial charge on any atom is 0.235 e. The summed E-state index contributed by atoms with van der Waals surface area (Å²) in [5.41, 5.74) is 0.788. The molecule has 1 aliphatic heterocycles. The van der Waals surface area contributed by atoms with E-state index in [1.54, 1.807) is 0 Å². The van der Waals surface area contributed by atoms with E-state index >= 15 is 0 Å². The number of H-pyrrole nitrogens is 1. The number of hydrogen-bond donors (Lipinski definition) is 1. The van der Waals surface area contributed by atoms with Crippen LogP contribution in [0.15, 0.2) is 17.3 Å². The van der Waals surface area contributed by atoms with Crippen molar-refractivity contribution >= 4 is 28.7 Å². The molecule has 1 amide bonds. The molecule has 0 spiro atoms. The third-order valence-corrected chi connectivity index (χ3v) is 5.21. The lowest BCUT2D eigenvalue weighted by atomic mass is 9.99. The molecule has 1 unspecified atom stereocenters. The topological polar surface area (TPSA) is 49.0 Å². The Bertz CT molecular complexity index is 686. The Hall–Kier alpha value is -1.63. The quantitative estimate of drug-likeness (QED) is 0.870. The number of halogens is 2. The van der Waals surface area contributed by atoms with E-state index in [1.165, 1.54) is 11.8 Å². The van der Waals surface area contributed by atoms with Crippen molar-refractivity contribution < 1.29 is 13.6 Å². The van der Waals surface area contributed by atoms with Gasteiger partial charge < -0.3 is 9.88 Å². The van der Waals surface area contributed by atoms with Gasteiger partial charge >= 0.3 is 0 Å². The minimum absolute atomic E-state index is 0.0831. The summed E-state index contributed by atoms with van der Waals surface area (Å²) < 4.78 is 26.5. The average Bonchev–Trinajstić information content (AvgIpc) is 2.89. The lowest BCUT2D eigenvalue weighted by Gasteiger charge is -2.31. The predicted octanol–water partition coefficient (Wildman–Crippen LogP) is 3.58. The zero-order valence-corrected chi connectivity index (χ0v) is 13.9. The van der Waals surface area contributed by atoms with Crippen molar-refractivity contribution in [2.24, 2.45) is 5.92 Å². The molecule has 7 heteroatoms. The van der Waals surface area contributed by atoms with Crippen LogP contribution in [0.4, 0.5) is 8.78 Å². The van der Waals surface area contributed by atoms with Crippen molar-refractivity contribution in [1.29, 1.82) is 0 Å². The number of nitrogens with zero attached hydrogens (tertiary/aromatic N) is 2. The first-order chi connectivity index (χ1) is 10.9. The first-order valence-corrected chi connectivity index (χ1v) is 8.62. The molecule has 0 saturated carbocycles. The summed E-state index contributed by atoms with van der Waals surface area (Å²) >= 11 is 1.28. The number of aromatic nitrogens is 2. The van der Waals surface area contributed by atoms with Crippen LogP contribution in [0.25, 0.3) is 11.0 Å². The molecule has 1 N–H and O–H groups in total. The number of thioether (sulfide) groups is 1. The number of aromatic amines is 1. The van der Waals surface area contributed by atoms with Crippen molar-refractivity contribution in [3.05, 3.63) is 23.8 Å². The maximum atomic E-state index is 13.2. The molecule has 0 radical (unpaired) electrons. The normalized spacial score (nSPS) is 17.7. The van der Waals surface area contributed by atoms with E-state index in [2.05, 4.69) is 16.9 Å². The molecular formula is C16H19F2N3OS. The van der Waals surface area contributed by atoms with Gasteiger partial charge in [0.05, 0.1) is 16.3 Å². The van der Waals surface area contributed by atoms with E-state index in [1.807, 2.05) is 11.8 Å².